The maximum Gasteiger partial charge on any atom is 0.228 e. The van der Waals surface area contributed by atoms with E-state index in [9.17, 15) is 20.4 Å². The Morgan fingerprint density at radius 1 is 1.06 bits per heavy atom. The van der Waals surface area contributed by atoms with Gasteiger partial charge in [-0.05, 0) is 60.9 Å². The molecule has 0 aromatic heterocycles. The molecule has 1 saturated carbocycles. The topological polar surface area (TPSA) is 109 Å². The van der Waals surface area contributed by atoms with Gasteiger partial charge < -0.3 is 34.6 Å². The molecule has 0 radical (unpaired) electrons. The van der Waals surface area contributed by atoms with E-state index >= 15 is 0 Å². The molecule has 2 aliphatic rings. The Bertz CT molecular complexity index is 976. The maximum atomic E-state index is 11.1. The standard InChI is InChI=1S/C26H33BrO7/c1-3-15-7-9-16(10-8-15)11-17-12-19(21(13-20(17)27)33-18-5-4-6-18)26(32-2)25(31)24(30)23(29)22(14-28)34-26/h7-10,12-13,18,22-25,28-31H,3-6,11,14H2,1-2H3/t22-,23-,24+,25-,26+/m1/s1. The van der Waals surface area contributed by atoms with Crippen LogP contribution in [-0.2, 0) is 28.1 Å². The van der Waals surface area contributed by atoms with Gasteiger partial charge in [0.05, 0.1) is 18.3 Å². The van der Waals surface area contributed by atoms with Gasteiger partial charge in [-0.3, -0.25) is 0 Å². The molecule has 186 valence electrons. The molecule has 1 heterocycles. The highest BCUT2D eigenvalue weighted by Crippen LogP contribution is 2.46. The maximum absolute atomic E-state index is 11.1. The van der Waals surface area contributed by atoms with Gasteiger partial charge in [0.15, 0.2) is 0 Å². The van der Waals surface area contributed by atoms with E-state index in [-0.39, 0.29) is 6.10 Å². The Morgan fingerprint density at radius 2 is 1.74 bits per heavy atom. The van der Waals surface area contributed by atoms with Crippen molar-refractivity contribution in [3.8, 4) is 5.75 Å². The van der Waals surface area contributed by atoms with Crippen LogP contribution < -0.4 is 4.74 Å². The Kier molecular flexibility index (Phi) is 7.99. The number of hydrogen-bond acceptors (Lipinski definition) is 7. The van der Waals surface area contributed by atoms with Crippen molar-refractivity contribution >= 4 is 15.9 Å². The summed E-state index contributed by atoms with van der Waals surface area (Å²) in [5.41, 5.74) is 3.68. The van der Waals surface area contributed by atoms with Crippen molar-refractivity contribution in [3.05, 3.63) is 63.1 Å². The van der Waals surface area contributed by atoms with E-state index in [1.807, 2.05) is 12.1 Å². The molecule has 5 atom stereocenters. The first-order chi connectivity index (χ1) is 16.3. The molecule has 2 aromatic rings. The third-order valence-electron chi connectivity index (χ3n) is 6.95. The Hall–Kier alpha value is -1.52. The van der Waals surface area contributed by atoms with Gasteiger partial charge >= 0.3 is 0 Å². The summed E-state index contributed by atoms with van der Waals surface area (Å²) in [6.07, 6.45) is -1.28. The summed E-state index contributed by atoms with van der Waals surface area (Å²) >= 11 is 3.67. The molecule has 4 N–H and O–H groups in total. The number of rotatable bonds is 8. The van der Waals surface area contributed by atoms with Gasteiger partial charge in [-0.25, -0.2) is 0 Å². The predicted molar refractivity (Wildman–Crippen MR) is 130 cm³/mol. The highest BCUT2D eigenvalue weighted by molar-refractivity contribution is 9.10. The summed E-state index contributed by atoms with van der Waals surface area (Å²) in [4.78, 5) is 0. The minimum absolute atomic E-state index is 0.0388. The van der Waals surface area contributed by atoms with Crippen LogP contribution in [0.25, 0.3) is 0 Å². The van der Waals surface area contributed by atoms with Gasteiger partial charge in [0, 0.05) is 11.6 Å². The second-order valence-electron chi connectivity index (χ2n) is 9.09. The smallest absolute Gasteiger partial charge is 0.228 e. The van der Waals surface area contributed by atoms with Crippen molar-refractivity contribution in [3.63, 3.8) is 0 Å². The van der Waals surface area contributed by atoms with E-state index in [1.165, 1.54) is 12.7 Å². The van der Waals surface area contributed by atoms with E-state index in [0.29, 0.717) is 17.7 Å². The van der Waals surface area contributed by atoms with Gasteiger partial charge in [0.2, 0.25) is 5.79 Å². The number of aryl methyl sites for hydroxylation is 1. The molecule has 0 bridgehead atoms. The van der Waals surface area contributed by atoms with Crippen molar-refractivity contribution in [2.75, 3.05) is 13.7 Å². The van der Waals surface area contributed by atoms with Crippen molar-refractivity contribution in [2.45, 2.75) is 75.3 Å². The first-order valence-corrected chi connectivity index (χ1v) is 12.6. The molecular formula is C26H33BrO7. The van der Waals surface area contributed by atoms with Crippen LogP contribution in [0.15, 0.2) is 40.9 Å². The monoisotopic (exact) mass is 536 g/mol. The van der Waals surface area contributed by atoms with E-state index in [1.54, 1.807) is 0 Å². The molecule has 8 heteroatoms. The lowest BCUT2D eigenvalue weighted by molar-refractivity contribution is -0.366. The summed E-state index contributed by atoms with van der Waals surface area (Å²) in [5, 5.41) is 41.7. The fourth-order valence-electron chi connectivity index (χ4n) is 4.53. The fraction of sp³-hybridized carbons (Fsp3) is 0.538. The predicted octanol–water partition coefficient (Wildman–Crippen LogP) is 2.81. The summed E-state index contributed by atoms with van der Waals surface area (Å²) in [5.74, 6) is -1.38. The molecule has 7 nitrogen and oxygen atoms in total. The third-order valence-corrected chi connectivity index (χ3v) is 7.69. The number of ether oxygens (including phenoxy) is 3. The van der Waals surface area contributed by atoms with Crippen LogP contribution in [0.4, 0.5) is 0 Å². The zero-order valence-electron chi connectivity index (χ0n) is 19.5. The summed E-state index contributed by atoms with van der Waals surface area (Å²) in [6, 6.07) is 12.1. The normalized spacial score (nSPS) is 29.6. The van der Waals surface area contributed by atoms with Crippen LogP contribution in [0.5, 0.6) is 5.75 Å². The van der Waals surface area contributed by atoms with Crippen LogP contribution in [0.2, 0.25) is 0 Å². The Labute approximate surface area is 208 Å². The first kappa shape index (κ1) is 25.6. The van der Waals surface area contributed by atoms with Crippen LogP contribution in [0, 0.1) is 0 Å². The first-order valence-electron chi connectivity index (χ1n) is 11.8. The van der Waals surface area contributed by atoms with E-state index in [0.717, 1.165) is 41.3 Å². The summed E-state index contributed by atoms with van der Waals surface area (Å²) in [7, 11) is 1.36. The van der Waals surface area contributed by atoms with E-state index < -0.39 is 36.8 Å². The quantitative estimate of drug-likeness (QED) is 0.410. The van der Waals surface area contributed by atoms with Crippen LogP contribution >= 0.6 is 15.9 Å². The van der Waals surface area contributed by atoms with Gasteiger partial charge in [-0.1, -0.05) is 47.1 Å². The Balaban J connectivity index is 1.79. The highest BCUT2D eigenvalue weighted by Gasteiger charge is 2.56. The number of aliphatic hydroxyl groups is 4. The molecule has 2 fully saturated rings. The SMILES string of the molecule is CCc1ccc(Cc2cc([C@]3(OC)O[C@H](CO)[C@@H](O)[C@H](O)[C@H]3O)c(OC3CCC3)cc2Br)cc1. The molecule has 4 rings (SSSR count). The largest absolute Gasteiger partial charge is 0.490 e. The van der Waals surface area contributed by atoms with Crippen LogP contribution in [0.3, 0.4) is 0 Å². The Morgan fingerprint density at radius 3 is 2.29 bits per heavy atom. The van der Waals surface area contributed by atoms with Gasteiger partial charge in [0.1, 0.15) is 30.2 Å². The fourth-order valence-corrected chi connectivity index (χ4v) is 4.99. The lowest BCUT2D eigenvalue weighted by Gasteiger charge is -2.48. The molecule has 1 aliphatic carbocycles. The van der Waals surface area contributed by atoms with Gasteiger partial charge in [-0.2, -0.15) is 0 Å². The summed E-state index contributed by atoms with van der Waals surface area (Å²) in [6.45, 7) is 1.56. The van der Waals surface area contributed by atoms with Crippen LogP contribution in [0.1, 0.15) is 48.4 Å². The molecule has 0 unspecified atom stereocenters. The molecule has 2 aromatic carbocycles. The number of hydrogen-bond donors (Lipinski definition) is 4. The highest BCUT2D eigenvalue weighted by atomic mass is 79.9. The van der Waals surface area contributed by atoms with Crippen molar-refractivity contribution in [1.82, 2.24) is 0 Å². The number of halogens is 1. The van der Waals surface area contributed by atoms with Gasteiger partial charge in [-0.15, -0.1) is 0 Å². The average molecular weight is 537 g/mol. The second-order valence-corrected chi connectivity index (χ2v) is 9.95. The molecule has 0 amide bonds. The molecule has 1 saturated heterocycles. The number of methoxy groups -OCH3 is 1. The minimum atomic E-state index is -1.84. The lowest BCUT2D eigenvalue weighted by Crippen LogP contribution is -2.64. The van der Waals surface area contributed by atoms with Crippen LogP contribution in [-0.4, -0.2) is 64.7 Å². The number of benzene rings is 2. The average Bonchev–Trinajstić information content (AvgIpc) is 2.82. The van der Waals surface area contributed by atoms with Crippen molar-refractivity contribution in [2.24, 2.45) is 0 Å². The minimum Gasteiger partial charge on any atom is -0.490 e. The molecule has 1 aliphatic heterocycles. The summed E-state index contributed by atoms with van der Waals surface area (Å²) < 4.78 is 18.8. The van der Waals surface area contributed by atoms with Crippen molar-refractivity contribution < 1.29 is 34.6 Å². The van der Waals surface area contributed by atoms with Crippen molar-refractivity contribution in [1.29, 1.82) is 0 Å². The molecular weight excluding hydrogens is 504 g/mol. The third kappa shape index (κ3) is 4.78. The molecule has 0 spiro atoms. The van der Waals surface area contributed by atoms with Gasteiger partial charge in [0.25, 0.3) is 0 Å². The molecule has 34 heavy (non-hydrogen) atoms. The second kappa shape index (κ2) is 10.6. The number of aliphatic hydroxyl groups excluding tert-OH is 4. The zero-order chi connectivity index (χ0) is 24.5. The van der Waals surface area contributed by atoms with E-state index in [4.69, 9.17) is 14.2 Å². The van der Waals surface area contributed by atoms with E-state index in [2.05, 4.69) is 47.1 Å². The lowest BCUT2D eigenvalue weighted by atomic mass is 9.86. The zero-order valence-corrected chi connectivity index (χ0v) is 21.1.